The van der Waals surface area contributed by atoms with Crippen LogP contribution in [-0.2, 0) is 4.79 Å². The highest BCUT2D eigenvalue weighted by molar-refractivity contribution is 5.84. The van der Waals surface area contributed by atoms with E-state index in [-0.39, 0.29) is 11.5 Å². The van der Waals surface area contributed by atoms with Crippen molar-refractivity contribution in [2.45, 2.75) is 72.3 Å². The van der Waals surface area contributed by atoms with Gasteiger partial charge in [-0.2, -0.15) is 0 Å². The molecule has 0 aromatic rings. The Morgan fingerprint density at radius 1 is 1.14 bits per heavy atom. The van der Waals surface area contributed by atoms with Crippen LogP contribution in [-0.4, -0.2) is 29.9 Å². The highest BCUT2D eigenvalue weighted by Crippen LogP contribution is 2.69. The molecule has 3 heteroatoms. The summed E-state index contributed by atoms with van der Waals surface area (Å²) in [6.45, 7) is 10.4. The number of hydrogen-bond donors (Lipinski definition) is 1. The van der Waals surface area contributed by atoms with Crippen molar-refractivity contribution in [2.24, 2.45) is 27.9 Å². The first kappa shape index (κ1) is 15.3. The molecule has 2 N–H and O–H groups in total. The van der Waals surface area contributed by atoms with E-state index in [1.807, 2.05) is 0 Å². The Labute approximate surface area is 129 Å². The molecule has 4 fully saturated rings. The summed E-state index contributed by atoms with van der Waals surface area (Å²) in [5.74, 6) is 1.18. The summed E-state index contributed by atoms with van der Waals surface area (Å²) < 4.78 is 0. The van der Waals surface area contributed by atoms with Gasteiger partial charge in [-0.15, -0.1) is 0 Å². The smallest absolute Gasteiger partial charge is 0.229 e. The number of amides is 1. The van der Waals surface area contributed by atoms with Gasteiger partial charge in [0.1, 0.15) is 0 Å². The standard InChI is InChI=1S/C18H32N2O/c1-13(2)20(6-5-19)15(21)18-9-14-7-16(3,11-18)10-17(4,8-14)12-18/h13-14H,5-12,19H2,1-4H3. The molecule has 0 spiro atoms. The van der Waals surface area contributed by atoms with Gasteiger partial charge in [-0.05, 0) is 69.1 Å². The zero-order valence-corrected chi connectivity index (χ0v) is 14.2. The van der Waals surface area contributed by atoms with Gasteiger partial charge in [0, 0.05) is 19.1 Å². The van der Waals surface area contributed by atoms with E-state index in [2.05, 4.69) is 32.6 Å². The summed E-state index contributed by atoms with van der Waals surface area (Å²) in [5, 5.41) is 0. The Bertz CT molecular complexity index is 426. The molecular weight excluding hydrogens is 260 g/mol. The maximum absolute atomic E-state index is 13.4. The molecule has 1 amide bonds. The fraction of sp³-hybridized carbons (Fsp3) is 0.944. The van der Waals surface area contributed by atoms with Gasteiger partial charge in [0.25, 0.3) is 0 Å². The first-order chi connectivity index (χ1) is 9.71. The zero-order chi connectivity index (χ0) is 15.5. The SMILES string of the molecule is CC(C)N(CCN)C(=O)C12CC3CC(C)(CC(C)(C3)C1)C2. The molecule has 0 aromatic carbocycles. The number of nitrogens with two attached hydrogens (primary N) is 1. The fourth-order valence-electron chi connectivity index (χ4n) is 6.72. The van der Waals surface area contributed by atoms with E-state index in [4.69, 9.17) is 5.73 Å². The monoisotopic (exact) mass is 292 g/mol. The van der Waals surface area contributed by atoms with Crippen LogP contribution in [0, 0.1) is 22.2 Å². The van der Waals surface area contributed by atoms with E-state index < -0.39 is 0 Å². The van der Waals surface area contributed by atoms with Crippen LogP contribution in [0.2, 0.25) is 0 Å². The predicted octanol–water partition coefficient (Wildman–Crippen LogP) is 3.18. The maximum atomic E-state index is 13.4. The second-order valence-electron chi connectivity index (χ2n) is 9.29. The van der Waals surface area contributed by atoms with E-state index in [0.717, 1.165) is 25.2 Å². The van der Waals surface area contributed by atoms with E-state index in [1.54, 1.807) is 0 Å². The van der Waals surface area contributed by atoms with Crippen molar-refractivity contribution >= 4 is 5.91 Å². The molecule has 4 bridgehead atoms. The highest BCUT2D eigenvalue weighted by atomic mass is 16.2. The predicted molar refractivity (Wildman–Crippen MR) is 85.7 cm³/mol. The lowest BCUT2D eigenvalue weighted by atomic mass is 9.40. The van der Waals surface area contributed by atoms with Crippen molar-refractivity contribution in [2.75, 3.05) is 13.1 Å². The van der Waals surface area contributed by atoms with Crippen LogP contribution in [0.15, 0.2) is 0 Å². The number of hydrogen-bond acceptors (Lipinski definition) is 2. The van der Waals surface area contributed by atoms with Gasteiger partial charge in [0.2, 0.25) is 5.91 Å². The van der Waals surface area contributed by atoms with Crippen molar-refractivity contribution in [3.8, 4) is 0 Å². The molecule has 21 heavy (non-hydrogen) atoms. The van der Waals surface area contributed by atoms with Crippen LogP contribution in [0.25, 0.3) is 0 Å². The first-order valence-corrected chi connectivity index (χ1v) is 8.72. The van der Waals surface area contributed by atoms with Crippen LogP contribution in [0.1, 0.15) is 66.2 Å². The van der Waals surface area contributed by atoms with Gasteiger partial charge in [0.15, 0.2) is 0 Å². The average molecular weight is 292 g/mol. The average Bonchev–Trinajstić information content (AvgIpc) is 2.30. The largest absolute Gasteiger partial charge is 0.339 e. The molecule has 0 radical (unpaired) electrons. The molecular formula is C18H32N2O. The van der Waals surface area contributed by atoms with Gasteiger partial charge in [-0.25, -0.2) is 0 Å². The van der Waals surface area contributed by atoms with Gasteiger partial charge < -0.3 is 10.6 Å². The maximum Gasteiger partial charge on any atom is 0.229 e. The Balaban J connectivity index is 1.92. The van der Waals surface area contributed by atoms with Gasteiger partial charge in [0.05, 0.1) is 5.41 Å². The Hall–Kier alpha value is -0.570. The second-order valence-corrected chi connectivity index (χ2v) is 9.29. The van der Waals surface area contributed by atoms with Crippen LogP contribution in [0.5, 0.6) is 0 Å². The van der Waals surface area contributed by atoms with E-state index in [0.29, 0.717) is 29.8 Å². The third-order valence-electron chi connectivity index (χ3n) is 6.33. The van der Waals surface area contributed by atoms with Crippen LogP contribution in [0.3, 0.4) is 0 Å². The molecule has 4 rings (SSSR count). The first-order valence-electron chi connectivity index (χ1n) is 8.72. The van der Waals surface area contributed by atoms with Crippen molar-refractivity contribution < 1.29 is 4.79 Å². The molecule has 4 aliphatic carbocycles. The van der Waals surface area contributed by atoms with E-state index >= 15 is 0 Å². The van der Waals surface area contributed by atoms with Crippen molar-refractivity contribution in [3.05, 3.63) is 0 Å². The summed E-state index contributed by atoms with van der Waals surface area (Å²) in [6, 6.07) is 0.259. The molecule has 0 aromatic heterocycles. The number of carbonyl (C=O) groups is 1. The third kappa shape index (κ3) is 2.42. The molecule has 2 atom stereocenters. The topological polar surface area (TPSA) is 46.3 Å². The summed E-state index contributed by atoms with van der Waals surface area (Å²) in [6.07, 6.45) is 7.36. The van der Waals surface area contributed by atoms with Crippen LogP contribution in [0.4, 0.5) is 0 Å². The highest BCUT2D eigenvalue weighted by Gasteiger charge is 2.63. The number of rotatable bonds is 4. The van der Waals surface area contributed by atoms with Gasteiger partial charge in [-0.3, -0.25) is 4.79 Å². The Morgan fingerprint density at radius 2 is 1.71 bits per heavy atom. The van der Waals surface area contributed by atoms with Crippen molar-refractivity contribution in [1.82, 2.24) is 4.90 Å². The van der Waals surface area contributed by atoms with Crippen LogP contribution < -0.4 is 5.73 Å². The van der Waals surface area contributed by atoms with Crippen LogP contribution >= 0.6 is 0 Å². The summed E-state index contributed by atoms with van der Waals surface area (Å²) in [4.78, 5) is 15.4. The summed E-state index contributed by atoms with van der Waals surface area (Å²) >= 11 is 0. The molecule has 0 aliphatic heterocycles. The van der Waals surface area contributed by atoms with Crippen molar-refractivity contribution in [3.63, 3.8) is 0 Å². The molecule has 3 nitrogen and oxygen atoms in total. The minimum Gasteiger partial charge on any atom is -0.339 e. The van der Waals surface area contributed by atoms with Gasteiger partial charge >= 0.3 is 0 Å². The Kier molecular flexibility index (Phi) is 3.44. The summed E-state index contributed by atoms with van der Waals surface area (Å²) in [5.41, 5.74) is 6.47. The minimum atomic E-state index is -0.0810. The molecule has 2 unspecified atom stereocenters. The number of nitrogens with zero attached hydrogens (tertiary/aromatic N) is 1. The van der Waals surface area contributed by atoms with Gasteiger partial charge in [-0.1, -0.05) is 13.8 Å². The quantitative estimate of drug-likeness (QED) is 0.865. The Morgan fingerprint density at radius 3 is 2.14 bits per heavy atom. The molecule has 120 valence electrons. The fourth-order valence-corrected chi connectivity index (χ4v) is 6.72. The second kappa shape index (κ2) is 4.71. The third-order valence-corrected chi connectivity index (χ3v) is 6.33. The lowest BCUT2D eigenvalue weighted by Gasteiger charge is -2.65. The summed E-state index contributed by atoms with van der Waals surface area (Å²) in [7, 11) is 0. The van der Waals surface area contributed by atoms with E-state index in [9.17, 15) is 4.79 Å². The van der Waals surface area contributed by atoms with Crippen molar-refractivity contribution in [1.29, 1.82) is 0 Å². The molecule has 4 saturated carbocycles. The zero-order valence-electron chi connectivity index (χ0n) is 14.2. The lowest BCUT2D eigenvalue weighted by Crippen LogP contribution is -2.61. The molecule has 0 heterocycles. The molecule has 0 saturated heterocycles. The van der Waals surface area contributed by atoms with E-state index in [1.165, 1.54) is 19.3 Å². The number of carbonyl (C=O) groups excluding carboxylic acids is 1. The normalized spacial score (nSPS) is 44.4. The molecule has 4 aliphatic rings. The lowest BCUT2D eigenvalue weighted by molar-refractivity contribution is -0.180. The minimum absolute atomic E-state index is 0.0810.